The van der Waals surface area contributed by atoms with E-state index in [1.54, 1.807) is 0 Å². The third-order valence-electron chi connectivity index (χ3n) is 9.34. The predicted octanol–water partition coefficient (Wildman–Crippen LogP) is 12.0. The van der Waals surface area contributed by atoms with Crippen molar-refractivity contribution in [2.45, 2.75) is 0 Å². The van der Waals surface area contributed by atoms with Gasteiger partial charge in [-0.15, -0.1) is 23.1 Å². The number of para-hydroxylation sites is 3. The average Bonchev–Trinajstić information content (AvgIpc) is 3.82. The van der Waals surface area contributed by atoms with Crippen LogP contribution in [0.3, 0.4) is 0 Å². The van der Waals surface area contributed by atoms with Crippen molar-refractivity contribution in [1.29, 1.82) is 0 Å². The van der Waals surface area contributed by atoms with Crippen LogP contribution in [0.15, 0.2) is 158 Å². The fourth-order valence-electron chi connectivity index (χ4n) is 7.26. The summed E-state index contributed by atoms with van der Waals surface area (Å²) in [6.45, 7) is 0. The van der Waals surface area contributed by atoms with Crippen molar-refractivity contribution >= 4 is 64.2 Å². The van der Waals surface area contributed by atoms with E-state index >= 15 is 0 Å². The molecular formula is C44H26N2SY-2. The Kier molecular flexibility index (Phi) is 7.16. The van der Waals surface area contributed by atoms with Crippen LogP contribution in [-0.2, 0) is 32.7 Å². The molecule has 0 aliphatic heterocycles. The number of hydrogen-bond donors (Lipinski definition) is 0. The van der Waals surface area contributed by atoms with Gasteiger partial charge in [-0.25, -0.2) is 0 Å². The van der Waals surface area contributed by atoms with Gasteiger partial charge in [0.15, 0.2) is 0 Å². The van der Waals surface area contributed by atoms with Crippen LogP contribution in [0.4, 0.5) is 0 Å². The molecule has 0 N–H and O–H groups in total. The van der Waals surface area contributed by atoms with E-state index in [4.69, 9.17) is 0 Å². The topological polar surface area (TPSA) is 9.86 Å². The van der Waals surface area contributed by atoms with Gasteiger partial charge in [-0.05, 0) is 40.4 Å². The molecule has 0 aliphatic rings. The van der Waals surface area contributed by atoms with Crippen LogP contribution in [0.1, 0.15) is 0 Å². The number of fused-ring (bicyclic) bond motifs is 7. The molecule has 0 bridgehead atoms. The largest absolute Gasteiger partial charge is 0.439 e. The minimum atomic E-state index is 0. The van der Waals surface area contributed by atoms with Gasteiger partial charge in [0.2, 0.25) is 0 Å². The SMILES string of the molecule is [Y].[c-]1c(-n2[c-]c(-c3cccc4c3sc3c(-c5ccccc5)cccc34)c3ccccc32)cccc1-n1c2ccccc2c2ccccc21. The molecule has 0 spiro atoms. The van der Waals surface area contributed by atoms with Gasteiger partial charge < -0.3 is 9.13 Å². The summed E-state index contributed by atoms with van der Waals surface area (Å²) in [5, 5.41) is 6.24. The first-order valence-electron chi connectivity index (χ1n) is 15.9. The summed E-state index contributed by atoms with van der Waals surface area (Å²) in [5.74, 6) is 0. The van der Waals surface area contributed by atoms with Gasteiger partial charge in [0.1, 0.15) is 0 Å². The molecule has 0 saturated carbocycles. The molecule has 7 aromatic carbocycles. The number of rotatable bonds is 4. The van der Waals surface area contributed by atoms with Crippen LogP contribution >= 0.6 is 11.3 Å². The summed E-state index contributed by atoms with van der Waals surface area (Å²) >= 11 is 1.88. The minimum absolute atomic E-state index is 0. The van der Waals surface area contributed by atoms with Gasteiger partial charge in [0, 0.05) is 58.3 Å². The number of thiophene rings is 1. The van der Waals surface area contributed by atoms with Gasteiger partial charge in [-0.1, -0.05) is 150 Å². The molecule has 3 aromatic heterocycles. The number of benzene rings is 7. The van der Waals surface area contributed by atoms with Gasteiger partial charge in [0.25, 0.3) is 0 Å². The summed E-state index contributed by atoms with van der Waals surface area (Å²) in [4.78, 5) is 0. The third kappa shape index (κ3) is 4.46. The monoisotopic (exact) mass is 703 g/mol. The molecule has 0 aliphatic carbocycles. The Hall–Kier alpha value is -4.80. The third-order valence-corrected chi connectivity index (χ3v) is 10.6. The quantitative estimate of drug-likeness (QED) is 0.162. The molecule has 0 saturated heterocycles. The molecule has 0 fully saturated rings. The van der Waals surface area contributed by atoms with Gasteiger partial charge >= 0.3 is 0 Å². The second kappa shape index (κ2) is 11.7. The molecule has 4 heteroatoms. The van der Waals surface area contributed by atoms with E-state index in [1.807, 2.05) is 11.3 Å². The fraction of sp³-hybridized carbons (Fsp3) is 0. The minimum Gasteiger partial charge on any atom is -0.439 e. The second-order valence-electron chi connectivity index (χ2n) is 12.0. The molecule has 10 aromatic rings. The van der Waals surface area contributed by atoms with E-state index < -0.39 is 0 Å². The van der Waals surface area contributed by atoms with E-state index in [0.29, 0.717) is 0 Å². The Balaban J connectivity index is 0.00000314. The predicted molar refractivity (Wildman–Crippen MR) is 199 cm³/mol. The normalized spacial score (nSPS) is 11.6. The van der Waals surface area contributed by atoms with E-state index in [-0.39, 0.29) is 32.7 Å². The zero-order valence-corrected chi connectivity index (χ0v) is 29.5. The summed E-state index contributed by atoms with van der Waals surface area (Å²) in [6.07, 6.45) is 3.83. The molecule has 48 heavy (non-hydrogen) atoms. The number of hydrogen-bond acceptors (Lipinski definition) is 1. The Bertz CT molecular complexity index is 2750. The molecule has 10 rings (SSSR count). The molecule has 3 heterocycles. The number of nitrogens with zero attached hydrogens (tertiary/aromatic N) is 2. The maximum atomic E-state index is 3.83. The first kappa shape index (κ1) is 29.4. The zero-order chi connectivity index (χ0) is 30.9. The summed E-state index contributed by atoms with van der Waals surface area (Å²) in [5.41, 5.74) is 10.3. The zero-order valence-electron chi connectivity index (χ0n) is 25.9. The Morgan fingerprint density at radius 2 is 0.938 bits per heavy atom. The van der Waals surface area contributed by atoms with Crippen LogP contribution in [0.25, 0.3) is 86.5 Å². The molecule has 0 atom stereocenters. The molecule has 0 amide bonds. The van der Waals surface area contributed by atoms with E-state index in [9.17, 15) is 0 Å². The van der Waals surface area contributed by atoms with Crippen molar-refractivity contribution in [2.24, 2.45) is 0 Å². The van der Waals surface area contributed by atoms with Crippen LogP contribution < -0.4 is 0 Å². The van der Waals surface area contributed by atoms with Gasteiger partial charge in [0.05, 0.1) is 11.0 Å². The van der Waals surface area contributed by atoms with Crippen molar-refractivity contribution in [1.82, 2.24) is 9.13 Å². The summed E-state index contributed by atoms with van der Waals surface area (Å²) < 4.78 is 7.11. The van der Waals surface area contributed by atoms with Gasteiger partial charge in [-0.2, -0.15) is 18.2 Å². The van der Waals surface area contributed by atoms with Crippen molar-refractivity contribution in [2.75, 3.05) is 0 Å². The Morgan fingerprint density at radius 1 is 0.417 bits per heavy atom. The molecular weight excluding hydrogens is 677 g/mol. The van der Waals surface area contributed by atoms with Crippen LogP contribution in [-0.4, -0.2) is 9.13 Å². The van der Waals surface area contributed by atoms with Crippen LogP contribution in [0, 0.1) is 12.3 Å². The maximum absolute atomic E-state index is 3.83. The second-order valence-corrected chi connectivity index (χ2v) is 13.0. The van der Waals surface area contributed by atoms with E-state index in [2.05, 4.69) is 179 Å². The van der Waals surface area contributed by atoms with Crippen molar-refractivity contribution in [3.8, 4) is 33.6 Å². The van der Waals surface area contributed by atoms with Crippen molar-refractivity contribution in [3.05, 3.63) is 170 Å². The Morgan fingerprint density at radius 3 is 1.65 bits per heavy atom. The molecule has 2 nitrogen and oxygen atoms in total. The summed E-state index contributed by atoms with van der Waals surface area (Å²) in [7, 11) is 0. The van der Waals surface area contributed by atoms with Gasteiger partial charge in [-0.3, -0.25) is 0 Å². The molecule has 1 radical (unpaired) electrons. The van der Waals surface area contributed by atoms with Crippen LogP contribution in [0.2, 0.25) is 0 Å². The molecule has 223 valence electrons. The molecule has 0 unspecified atom stereocenters. The van der Waals surface area contributed by atoms with Crippen LogP contribution in [0.5, 0.6) is 0 Å². The first-order valence-corrected chi connectivity index (χ1v) is 16.7. The first-order chi connectivity index (χ1) is 23.3. The van der Waals surface area contributed by atoms with E-state index in [0.717, 1.165) is 22.5 Å². The summed E-state index contributed by atoms with van der Waals surface area (Å²) in [6, 6.07) is 60.2. The maximum Gasteiger partial charge on any atom is 0.0518 e. The standard InChI is InChI=1S/C44H26N2S.Y/c1-2-13-29(14-3-1)32-20-11-21-36-37-22-12-23-38(44(37)47-43(32)36)39-28-45(40-24-7-4-19-35(39)40)30-15-10-16-31(27-30)46-41-25-8-5-17-33(41)34-18-6-9-26-42(34)46;/h1-26H;/q-2;. The fourth-order valence-corrected chi connectivity index (χ4v) is 8.61. The average molecular weight is 704 g/mol. The van der Waals surface area contributed by atoms with Crippen molar-refractivity contribution in [3.63, 3.8) is 0 Å². The Labute approximate surface area is 307 Å². The number of aromatic nitrogens is 2. The van der Waals surface area contributed by atoms with E-state index in [1.165, 1.54) is 64.1 Å². The smallest absolute Gasteiger partial charge is 0.0518 e. The van der Waals surface area contributed by atoms with Crippen molar-refractivity contribution < 1.29 is 32.7 Å².